The average Bonchev–Trinajstić information content (AvgIpc) is 2.73. The Hall–Kier alpha value is -2.17. The lowest BCUT2D eigenvalue weighted by Crippen LogP contribution is -2.24. The molecule has 0 atom stereocenters. The molecule has 1 aliphatic heterocycles. The molecule has 2 heterocycles. The minimum absolute atomic E-state index is 0.0892. The van der Waals surface area contributed by atoms with Crippen molar-refractivity contribution in [2.75, 3.05) is 11.4 Å². The minimum atomic E-state index is -0.996. The molecule has 1 N–H and O–H groups in total. The highest BCUT2D eigenvalue weighted by Crippen LogP contribution is 2.19. The monoisotopic (exact) mass is 232 g/mol. The number of carboxylic acid groups (broad SMARTS) is 1. The molecule has 0 radical (unpaired) electrons. The van der Waals surface area contributed by atoms with Crippen LogP contribution in [0.15, 0.2) is 24.4 Å². The molecule has 1 amide bonds. The smallest absolute Gasteiger partial charge is 0.328 e. The molecule has 0 saturated carbocycles. The first-order valence-corrected chi connectivity index (χ1v) is 5.34. The van der Waals surface area contributed by atoms with Crippen molar-refractivity contribution in [3.05, 3.63) is 30.0 Å². The fraction of sp³-hybridized carbons (Fsp3) is 0.250. The van der Waals surface area contributed by atoms with Crippen molar-refractivity contribution in [3.63, 3.8) is 0 Å². The molecule has 1 saturated heterocycles. The Morgan fingerprint density at radius 3 is 2.82 bits per heavy atom. The number of rotatable bonds is 3. The van der Waals surface area contributed by atoms with Crippen LogP contribution in [0.5, 0.6) is 0 Å². The maximum Gasteiger partial charge on any atom is 0.328 e. The lowest BCUT2D eigenvalue weighted by atomic mass is 10.2. The highest BCUT2D eigenvalue weighted by molar-refractivity contribution is 5.94. The highest BCUT2D eigenvalue weighted by atomic mass is 16.4. The van der Waals surface area contributed by atoms with Gasteiger partial charge in [-0.15, -0.1) is 0 Å². The number of anilines is 1. The van der Waals surface area contributed by atoms with Gasteiger partial charge in [-0.3, -0.25) is 9.69 Å². The zero-order valence-corrected chi connectivity index (χ0v) is 9.17. The van der Waals surface area contributed by atoms with Crippen LogP contribution in [0.3, 0.4) is 0 Å². The molecule has 1 aromatic heterocycles. The van der Waals surface area contributed by atoms with E-state index in [0.717, 1.165) is 12.5 Å². The summed E-state index contributed by atoms with van der Waals surface area (Å²) in [6.45, 7) is 0.705. The zero-order chi connectivity index (χ0) is 12.3. The van der Waals surface area contributed by atoms with Crippen molar-refractivity contribution in [1.82, 2.24) is 4.98 Å². The molecule has 0 bridgehead atoms. The first-order valence-electron chi connectivity index (χ1n) is 5.34. The van der Waals surface area contributed by atoms with Crippen molar-refractivity contribution < 1.29 is 14.7 Å². The molecule has 0 unspecified atom stereocenters. The van der Waals surface area contributed by atoms with E-state index in [9.17, 15) is 9.59 Å². The van der Waals surface area contributed by atoms with Gasteiger partial charge in [0.1, 0.15) is 5.82 Å². The number of aliphatic carboxylic acids is 1. The van der Waals surface area contributed by atoms with Crippen LogP contribution in [0.4, 0.5) is 5.82 Å². The summed E-state index contributed by atoms with van der Waals surface area (Å²) in [5.41, 5.74) is 0.697. The third-order valence-corrected chi connectivity index (χ3v) is 2.54. The van der Waals surface area contributed by atoms with Crippen LogP contribution in [-0.4, -0.2) is 28.5 Å². The summed E-state index contributed by atoms with van der Waals surface area (Å²) in [7, 11) is 0. The van der Waals surface area contributed by atoms with Crippen LogP contribution >= 0.6 is 0 Å². The van der Waals surface area contributed by atoms with Crippen molar-refractivity contribution >= 4 is 23.8 Å². The van der Waals surface area contributed by atoms with Crippen LogP contribution in [0.1, 0.15) is 18.4 Å². The molecular formula is C12H12N2O3. The average molecular weight is 232 g/mol. The molecular weight excluding hydrogens is 220 g/mol. The SMILES string of the molecule is O=C(O)/C=C/c1ccc(N2CCCC2=O)nc1. The molecule has 17 heavy (non-hydrogen) atoms. The second-order valence-electron chi connectivity index (χ2n) is 3.77. The van der Waals surface area contributed by atoms with Crippen LogP contribution in [0.2, 0.25) is 0 Å². The molecule has 5 heteroatoms. The van der Waals surface area contributed by atoms with Crippen LogP contribution in [0.25, 0.3) is 6.08 Å². The molecule has 2 rings (SSSR count). The largest absolute Gasteiger partial charge is 0.478 e. The van der Waals surface area contributed by atoms with Gasteiger partial charge in [0, 0.05) is 25.2 Å². The highest BCUT2D eigenvalue weighted by Gasteiger charge is 2.22. The summed E-state index contributed by atoms with van der Waals surface area (Å²) in [6.07, 6.45) is 5.51. The van der Waals surface area contributed by atoms with Crippen molar-refractivity contribution in [3.8, 4) is 0 Å². The Bertz CT molecular complexity index is 465. The summed E-state index contributed by atoms with van der Waals surface area (Å²) >= 11 is 0. The fourth-order valence-corrected chi connectivity index (χ4v) is 1.71. The number of hydrogen-bond donors (Lipinski definition) is 1. The van der Waals surface area contributed by atoms with E-state index in [0.29, 0.717) is 24.3 Å². The molecule has 0 spiro atoms. The Morgan fingerprint density at radius 1 is 1.47 bits per heavy atom. The molecule has 1 aromatic rings. The summed E-state index contributed by atoms with van der Waals surface area (Å²) in [5, 5.41) is 8.48. The van der Waals surface area contributed by atoms with Gasteiger partial charge in [0.15, 0.2) is 0 Å². The van der Waals surface area contributed by atoms with Gasteiger partial charge < -0.3 is 5.11 Å². The van der Waals surface area contributed by atoms with E-state index < -0.39 is 5.97 Å². The standard InChI is InChI=1S/C12H12N2O3/c15-11-2-1-7-14(11)10-5-3-9(8-13-10)4-6-12(16)17/h3-6,8H,1-2,7H2,(H,16,17)/b6-4+. The van der Waals surface area contributed by atoms with E-state index in [-0.39, 0.29) is 5.91 Å². The number of amides is 1. The topological polar surface area (TPSA) is 70.5 Å². The predicted molar refractivity (Wildman–Crippen MR) is 62.5 cm³/mol. The minimum Gasteiger partial charge on any atom is -0.478 e. The number of nitrogens with zero attached hydrogens (tertiary/aromatic N) is 2. The van der Waals surface area contributed by atoms with Crippen LogP contribution < -0.4 is 4.90 Å². The number of pyridine rings is 1. The van der Waals surface area contributed by atoms with E-state index >= 15 is 0 Å². The van der Waals surface area contributed by atoms with Crippen molar-refractivity contribution in [2.24, 2.45) is 0 Å². The predicted octanol–water partition coefficient (Wildman–Crippen LogP) is 1.31. The Morgan fingerprint density at radius 2 is 2.29 bits per heavy atom. The van der Waals surface area contributed by atoms with Gasteiger partial charge >= 0.3 is 5.97 Å². The van der Waals surface area contributed by atoms with Crippen LogP contribution in [0, 0.1) is 0 Å². The number of carboxylic acids is 1. The van der Waals surface area contributed by atoms with Crippen molar-refractivity contribution in [2.45, 2.75) is 12.8 Å². The number of carbonyl (C=O) groups excluding carboxylic acids is 1. The van der Waals surface area contributed by atoms with E-state index in [1.54, 1.807) is 23.2 Å². The van der Waals surface area contributed by atoms with Gasteiger partial charge in [-0.25, -0.2) is 9.78 Å². The van der Waals surface area contributed by atoms with Gasteiger partial charge in [0.2, 0.25) is 5.91 Å². The maximum absolute atomic E-state index is 11.5. The molecule has 1 aliphatic rings. The Labute approximate surface area is 98.4 Å². The molecule has 0 aliphatic carbocycles. The third-order valence-electron chi connectivity index (χ3n) is 2.54. The van der Waals surface area contributed by atoms with Gasteiger partial charge in [0.05, 0.1) is 0 Å². The summed E-state index contributed by atoms with van der Waals surface area (Å²) in [4.78, 5) is 27.6. The lowest BCUT2D eigenvalue weighted by molar-refractivity contribution is -0.131. The lowest BCUT2D eigenvalue weighted by Gasteiger charge is -2.13. The third kappa shape index (κ3) is 2.69. The number of aromatic nitrogens is 1. The molecule has 88 valence electrons. The molecule has 5 nitrogen and oxygen atoms in total. The summed E-state index contributed by atoms with van der Waals surface area (Å²) in [5.74, 6) is -0.282. The zero-order valence-electron chi connectivity index (χ0n) is 9.17. The maximum atomic E-state index is 11.5. The Kier molecular flexibility index (Phi) is 3.18. The molecule has 0 aromatic carbocycles. The number of hydrogen-bond acceptors (Lipinski definition) is 3. The summed E-state index contributed by atoms with van der Waals surface area (Å²) in [6, 6.07) is 3.47. The van der Waals surface area contributed by atoms with E-state index in [4.69, 9.17) is 5.11 Å². The number of carbonyl (C=O) groups is 2. The normalized spacial score (nSPS) is 15.8. The van der Waals surface area contributed by atoms with Gasteiger partial charge in [-0.1, -0.05) is 0 Å². The van der Waals surface area contributed by atoms with Gasteiger partial charge in [0.25, 0.3) is 0 Å². The second-order valence-corrected chi connectivity index (χ2v) is 3.77. The first-order chi connectivity index (χ1) is 8.16. The molecule has 1 fully saturated rings. The summed E-state index contributed by atoms with van der Waals surface area (Å²) < 4.78 is 0. The van der Waals surface area contributed by atoms with Crippen molar-refractivity contribution in [1.29, 1.82) is 0 Å². The van der Waals surface area contributed by atoms with E-state index in [2.05, 4.69) is 4.98 Å². The van der Waals surface area contributed by atoms with Gasteiger partial charge in [-0.2, -0.15) is 0 Å². The second kappa shape index (κ2) is 4.78. The first kappa shape index (κ1) is 11.3. The fourth-order valence-electron chi connectivity index (χ4n) is 1.71. The van der Waals surface area contributed by atoms with Crippen LogP contribution in [-0.2, 0) is 9.59 Å². The Balaban J connectivity index is 2.12. The van der Waals surface area contributed by atoms with E-state index in [1.807, 2.05) is 0 Å². The van der Waals surface area contributed by atoms with Gasteiger partial charge in [-0.05, 0) is 30.2 Å². The quantitative estimate of drug-likeness (QED) is 0.797. The van der Waals surface area contributed by atoms with E-state index in [1.165, 1.54) is 6.08 Å².